The third-order valence-electron chi connectivity index (χ3n) is 7.03. The molecular formula is C22H25F5N4O4S. The van der Waals surface area contributed by atoms with Crippen molar-refractivity contribution in [3.63, 3.8) is 0 Å². The molecule has 2 saturated heterocycles. The van der Waals surface area contributed by atoms with E-state index in [-0.39, 0.29) is 25.1 Å². The third kappa shape index (κ3) is 4.64. The highest BCUT2D eigenvalue weighted by Gasteiger charge is 2.54. The normalized spacial score (nSPS) is 28.4. The van der Waals surface area contributed by atoms with Gasteiger partial charge in [0.1, 0.15) is 17.7 Å². The van der Waals surface area contributed by atoms with Crippen molar-refractivity contribution in [1.29, 1.82) is 0 Å². The van der Waals surface area contributed by atoms with E-state index in [1.54, 1.807) is 0 Å². The van der Waals surface area contributed by atoms with Gasteiger partial charge >= 0.3 is 6.18 Å². The van der Waals surface area contributed by atoms with Gasteiger partial charge in [0, 0.05) is 55.7 Å². The molecular weight excluding hydrogens is 511 g/mol. The molecule has 3 aliphatic heterocycles. The van der Waals surface area contributed by atoms with E-state index in [2.05, 4.69) is 5.10 Å². The molecule has 1 aromatic carbocycles. The zero-order chi connectivity index (χ0) is 25.8. The topological polar surface area (TPSA) is 99.7 Å². The Kier molecular flexibility index (Phi) is 6.60. The minimum atomic E-state index is -4.81. The molecule has 1 aromatic heterocycles. The van der Waals surface area contributed by atoms with Gasteiger partial charge in [0.2, 0.25) is 0 Å². The van der Waals surface area contributed by atoms with E-state index in [9.17, 15) is 30.4 Å². The number of hydrogen-bond acceptors (Lipinski definition) is 7. The van der Waals surface area contributed by atoms with Crippen molar-refractivity contribution in [2.45, 2.75) is 68.1 Å². The second-order valence-corrected chi connectivity index (χ2v) is 11.5. The molecule has 198 valence electrons. The molecule has 2 N–H and O–H groups in total. The van der Waals surface area contributed by atoms with Crippen LogP contribution in [0.3, 0.4) is 0 Å². The highest BCUT2D eigenvalue weighted by molar-refractivity contribution is 7.90. The van der Waals surface area contributed by atoms with Crippen molar-refractivity contribution in [3.8, 4) is 0 Å². The zero-order valence-electron chi connectivity index (χ0n) is 19.0. The summed E-state index contributed by atoms with van der Waals surface area (Å²) in [7, 11) is -3.75. The number of aromatic nitrogens is 2. The second-order valence-electron chi connectivity index (χ2n) is 9.39. The van der Waals surface area contributed by atoms with Crippen molar-refractivity contribution >= 4 is 10.0 Å². The van der Waals surface area contributed by atoms with Crippen LogP contribution in [0, 0.1) is 11.6 Å². The predicted octanol–water partition coefficient (Wildman–Crippen LogP) is 2.62. The minimum Gasteiger partial charge on any atom is -0.381 e. The Morgan fingerprint density at radius 2 is 1.83 bits per heavy atom. The smallest absolute Gasteiger partial charge is 0.381 e. The molecule has 2 fully saturated rings. The van der Waals surface area contributed by atoms with Gasteiger partial charge in [-0.3, -0.25) is 4.90 Å². The molecule has 0 radical (unpaired) electrons. The van der Waals surface area contributed by atoms with Crippen LogP contribution in [0.25, 0.3) is 0 Å². The SMILES string of the molecule is N[C@H]1C[C@@H](N2Cc3cn(S(=O)(=O)C4CCOCC4)nc3C2)[C@@H](C(F)(F)F)O[C@@H]1c1cc(F)ccc1F. The summed E-state index contributed by atoms with van der Waals surface area (Å²) in [5, 5.41) is 3.54. The van der Waals surface area contributed by atoms with Crippen LogP contribution in [0.5, 0.6) is 0 Å². The molecule has 0 unspecified atom stereocenters. The van der Waals surface area contributed by atoms with Crippen LogP contribution in [-0.4, -0.2) is 65.3 Å². The number of benzene rings is 1. The Morgan fingerprint density at radius 3 is 2.50 bits per heavy atom. The van der Waals surface area contributed by atoms with Crippen molar-refractivity contribution in [3.05, 3.63) is 52.9 Å². The lowest BCUT2D eigenvalue weighted by Gasteiger charge is -2.44. The third-order valence-corrected chi connectivity index (χ3v) is 9.06. The largest absolute Gasteiger partial charge is 0.416 e. The number of ether oxygens (including phenoxy) is 2. The summed E-state index contributed by atoms with van der Waals surface area (Å²) in [6.45, 7) is 0.656. The molecule has 0 saturated carbocycles. The van der Waals surface area contributed by atoms with Crippen LogP contribution in [0.1, 0.15) is 42.2 Å². The molecule has 2 aromatic rings. The second kappa shape index (κ2) is 9.31. The van der Waals surface area contributed by atoms with Crippen molar-refractivity contribution < 1.29 is 39.8 Å². The summed E-state index contributed by atoms with van der Waals surface area (Å²) in [6, 6.07) is 0.220. The number of nitrogens with zero attached hydrogens (tertiary/aromatic N) is 3. The number of alkyl halides is 3. The maximum atomic E-state index is 14.3. The Labute approximate surface area is 204 Å². The van der Waals surface area contributed by atoms with Gasteiger partial charge in [0.15, 0.2) is 6.10 Å². The van der Waals surface area contributed by atoms with Crippen LogP contribution < -0.4 is 5.73 Å². The molecule has 0 amide bonds. The lowest BCUT2D eigenvalue weighted by Crippen LogP contribution is -2.58. The van der Waals surface area contributed by atoms with Crippen molar-refractivity contribution in [2.75, 3.05) is 13.2 Å². The lowest BCUT2D eigenvalue weighted by molar-refractivity contribution is -0.269. The number of halogens is 5. The van der Waals surface area contributed by atoms with Gasteiger partial charge in [-0.1, -0.05) is 0 Å². The van der Waals surface area contributed by atoms with E-state index in [0.29, 0.717) is 37.3 Å². The van der Waals surface area contributed by atoms with Gasteiger partial charge in [-0.25, -0.2) is 17.2 Å². The Bertz CT molecular complexity index is 1210. The summed E-state index contributed by atoms with van der Waals surface area (Å²) in [4.78, 5) is 1.49. The fourth-order valence-electron chi connectivity index (χ4n) is 5.19. The number of rotatable bonds is 4. The molecule has 0 aliphatic carbocycles. The molecule has 0 spiro atoms. The molecule has 3 aliphatic rings. The van der Waals surface area contributed by atoms with E-state index in [0.717, 1.165) is 22.3 Å². The first-order valence-electron chi connectivity index (χ1n) is 11.5. The summed E-state index contributed by atoms with van der Waals surface area (Å²) in [5.41, 5.74) is 6.61. The molecule has 8 nitrogen and oxygen atoms in total. The van der Waals surface area contributed by atoms with Crippen LogP contribution in [0.15, 0.2) is 24.4 Å². The average Bonchev–Trinajstić information content (AvgIpc) is 3.40. The van der Waals surface area contributed by atoms with E-state index in [1.807, 2.05) is 0 Å². The molecule has 4 heterocycles. The van der Waals surface area contributed by atoms with E-state index < -0.39 is 57.4 Å². The predicted molar refractivity (Wildman–Crippen MR) is 116 cm³/mol. The summed E-state index contributed by atoms with van der Waals surface area (Å²) in [6.07, 6.45) is -6.77. The van der Waals surface area contributed by atoms with Gasteiger partial charge < -0.3 is 15.2 Å². The monoisotopic (exact) mass is 536 g/mol. The van der Waals surface area contributed by atoms with E-state index in [4.69, 9.17) is 15.2 Å². The first kappa shape index (κ1) is 25.5. The minimum absolute atomic E-state index is 0.0188. The van der Waals surface area contributed by atoms with Crippen molar-refractivity contribution in [2.24, 2.45) is 5.73 Å². The number of fused-ring (bicyclic) bond motifs is 1. The molecule has 36 heavy (non-hydrogen) atoms. The van der Waals surface area contributed by atoms with Gasteiger partial charge in [-0.15, -0.1) is 0 Å². The zero-order valence-corrected chi connectivity index (χ0v) is 19.8. The van der Waals surface area contributed by atoms with Crippen molar-refractivity contribution in [1.82, 2.24) is 14.1 Å². The van der Waals surface area contributed by atoms with Crippen LogP contribution in [-0.2, 0) is 32.6 Å². The standard InChI is InChI=1S/C22H25F5N4O4S/c23-13-1-2-16(24)15(7-13)20-17(28)8-19(21(35-20)22(25,26)27)30-9-12-10-31(29-18(12)11-30)36(32,33)14-3-5-34-6-4-14/h1-2,7,10,14,17,19-21H,3-6,8-9,11,28H2/t17-,19+,20+,21-/m0/s1. The van der Waals surface area contributed by atoms with E-state index >= 15 is 0 Å². The summed E-state index contributed by atoms with van der Waals surface area (Å²) < 4.78 is 107. The van der Waals surface area contributed by atoms with Gasteiger partial charge in [0.25, 0.3) is 10.0 Å². The summed E-state index contributed by atoms with van der Waals surface area (Å²) in [5.74, 6) is -1.72. The Hall–Kier alpha value is -2.13. The van der Waals surface area contributed by atoms with Crippen LogP contribution >= 0.6 is 0 Å². The number of hydrogen-bond donors (Lipinski definition) is 1. The molecule has 14 heteroatoms. The highest BCUT2D eigenvalue weighted by Crippen LogP contribution is 2.42. The maximum absolute atomic E-state index is 14.3. The lowest BCUT2D eigenvalue weighted by atomic mass is 9.89. The fourth-order valence-corrected chi connectivity index (χ4v) is 6.77. The maximum Gasteiger partial charge on any atom is 0.416 e. The molecule has 4 atom stereocenters. The van der Waals surface area contributed by atoms with Crippen LogP contribution in [0.4, 0.5) is 22.0 Å². The Morgan fingerprint density at radius 1 is 1.11 bits per heavy atom. The first-order valence-corrected chi connectivity index (χ1v) is 13.0. The fraction of sp³-hybridized carbons (Fsp3) is 0.591. The van der Waals surface area contributed by atoms with Gasteiger partial charge in [-0.05, 0) is 37.5 Å². The Balaban J connectivity index is 1.36. The number of nitrogens with two attached hydrogens (primary N) is 1. The average molecular weight is 537 g/mol. The molecule has 0 bridgehead atoms. The van der Waals surface area contributed by atoms with Gasteiger partial charge in [-0.2, -0.15) is 22.4 Å². The van der Waals surface area contributed by atoms with Crippen LogP contribution in [0.2, 0.25) is 0 Å². The highest BCUT2D eigenvalue weighted by atomic mass is 32.2. The first-order chi connectivity index (χ1) is 16.9. The molecule has 5 rings (SSSR count). The van der Waals surface area contributed by atoms with E-state index in [1.165, 1.54) is 11.1 Å². The van der Waals surface area contributed by atoms with Gasteiger partial charge in [0.05, 0.1) is 10.9 Å². The quantitative estimate of drug-likeness (QED) is 0.600. The summed E-state index contributed by atoms with van der Waals surface area (Å²) >= 11 is 0.